The number of halogens is 3. The number of furan rings is 1. The van der Waals surface area contributed by atoms with E-state index in [1.54, 1.807) is 0 Å². The second kappa shape index (κ2) is 3.96. The molecule has 3 nitrogen and oxygen atoms in total. The Hall–Kier alpha value is -1.46. The molecule has 1 rings (SSSR count). The molecular weight excluding hydrogens is 211 g/mol. The Labute approximate surface area is 84.5 Å². The van der Waals surface area contributed by atoms with Crippen LogP contribution in [-0.2, 0) is 17.4 Å². The summed E-state index contributed by atoms with van der Waals surface area (Å²) >= 11 is 0. The molecule has 1 aromatic rings. The van der Waals surface area contributed by atoms with Crippen LogP contribution in [0.3, 0.4) is 0 Å². The van der Waals surface area contributed by atoms with Crippen LogP contribution in [0.1, 0.15) is 11.5 Å². The summed E-state index contributed by atoms with van der Waals surface area (Å²) in [5.41, 5.74) is 0. The molecule has 0 radical (unpaired) electrons. The summed E-state index contributed by atoms with van der Waals surface area (Å²) < 4.78 is 40.8. The molecule has 0 atom stereocenters. The first-order chi connectivity index (χ1) is 6.80. The van der Waals surface area contributed by atoms with E-state index in [-0.39, 0.29) is 18.1 Å². The maximum atomic E-state index is 12.1. The zero-order valence-corrected chi connectivity index (χ0v) is 8.26. The highest BCUT2D eigenvalue weighted by Gasteiger charge is 2.34. The van der Waals surface area contributed by atoms with Gasteiger partial charge in [-0.15, -0.1) is 0 Å². The van der Waals surface area contributed by atoms with Gasteiger partial charge in [-0.25, -0.2) is 0 Å². The Morgan fingerprint density at radius 1 is 1.40 bits per heavy atom. The lowest BCUT2D eigenvalue weighted by molar-refractivity contribution is -0.153. The second-order valence-electron chi connectivity index (χ2n) is 3.23. The molecule has 0 bridgehead atoms. The van der Waals surface area contributed by atoms with Crippen LogP contribution >= 0.6 is 0 Å². The van der Waals surface area contributed by atoms with Gasteiger partial charge in [-0.1, -0.05) is 0 Å². The molecule has 1 aromatic heterocycles. The first kappa shape index (κ1) is 11.6. The molecule has 1 heterocycles. The van der Waals surface area contributed by atoms with Crippen molar-refractivity contribution in [1.29, 1.82) is 0 Å². The first-order valence-corrected chi connectivity index (χ1v) is 4.17. The zero-order valence-electron chi connectivity index (χ0n) is 8.26. The van der Waals surface area contributed by atoms with Crippen molar-refractivity contribution in [2.75, 3.05) is 14.1 Å². The molecular formula is C9H10F3NO2. The third kappa shape index (κ3) is 3.00. The maximum absolute atomic E-state index is 12.1. The zero-order chi connectivity index (χ0) is 11.6. The normalized spacial score (nSPS) is 11.5. The number of likely N-dealkylation sites (N-methyl/N-ethyl adjacent to an activating group) is 1. The number of hydrogen-bond acceptors (Lipinski definition) is 2. The number of hydrogen-bond donors (Lipinski definition) is 0. The standard InChI is InChI=1S/C9H10F3NO2/c1-13(2)8(14)5-6-3-4-7(15-6)9(10,11)12/h3-4H,5H2,1-2H3. The van der Waals surface area contributed by atoms with Crippen LogP contribution in [0.25, 0.3) is 0 Å². The van der Waals surface area contributed by atoms with Gasteiger partial charge in [0.05, 0.1) is 6.42 Å². The lowest BCUT2D eigenvalue weighted by Gasteiger charge is -2.08. The monoisotopic (exact) mass is 221 g/mol. The summed E-state index contributed by atoms with van der Waals surface area (Å²) in [5.74, 6) is -1.37. The quantitative estimate of drug-likeness (QED) is 0.764. The van der Waals surface area contributed by atoms with Crippen LogP contribution in [0.4, 0.5) is 13.2 Å². The largest absolute Gasteiger partial charge is 0.456 e. The van der Waals surface area contributed by atoms with Crippen LogP contribution in [0, 0.1) is 0 Å². The third-order valence-corrected chi connectivity index (χ3v) is 1.77. The van der Waals surface area contributed by atoms with Gasteiger partial charge in [0.25, 0.3) is 0 Å². The lowest BCUT2D eigenvalue weighted by atomic mass is 10.3. The number of alkyl halides is 3. The van der Waals surface area contributed by atoms with E-state index in [2.05, 4.69) is 4.42 Å². The molecule has 0 unspecified atom stereocenters. The maximum Gasteiger partial charge on any atom is 0.449 e. The van der Waals surface area contributed by atoms with Gasteiger partial charge in [0.1, 0.15) is 5.76 Å². The topological polar surface area (TPSA) is 33.5 Å². The van der Waals surface area contributed by atoms with Crippen molar-refractivity contribution in [2.24, 2.45) is 0 Å². The average Bonchev–Trinajstić information content (AvgIpc) is 2.51. The molecule has 0 saturated carbocycles. The Morgan fingerprint density at radius 3 is 2.40 bits per heavy atom. The van der Waals surface area contributed by atoms with Gasteiger partial charge in [-0.2, -0.15) is 13.2 Å². The number of rotatable bonds is 2. The van der Waals surface area contributed by atoms with Crippen LogP contribution < -0.4 is 0 Å². The third-order valence-electron chi connectivity index (χ3n) is 1.77. The molecule has 0 aliphatic rings. The Kier molecular flexibility index (Phi) is 3.06. The van der Waals surface area contributed by atoms with E-state index in [0.717, 1.165) is 12.1 Å². The van der Waals surface area contributed by atoms with Gasteiger partial charge < -0.3 is 9.32 Å². The number of carbonyl (C=O) groups excluding carboxylic acids is 1. The fourth-order valence-electron chi connectivity index (χ4n) is 0.932. The molecule has 0 aliphatic heterocycles. The van der Waals surface area contributed by atoms with Crippen molar-refractivity contribution < 1.29 is 22.4 Å². The molecule has 0 aliphatic carbocycles. The Morgan fingerprint density at radius 2 is 2.00 bits per heavy atom. The summed E-state index contributed by atoms with van der Waals surface area (Å²) in [5, 5.41) is 0. The van der Waals surface area contributed by atoms with Gasteiger partial charge in [0.2, 0.25) is 11.7 Å². The molecule has 0 N–H and O–H groups in total. The van der Waals surface area contributed by atoms with Crippen molar-refractivity contribution in [3.8, 4) is 0 Å². The minimum atomic E-state index is -4.50. The number of nitrogens with zero attached hydrogens (tertiary/aromatic N) is 1. The Bertz CT molecular complexity index is 354. The predicted molar refractivity (Wildman–Crippen MR) is 46.1 cm³/mol. The summed E-state index contributed by atoms with van der Waals surface area (Å²) in [6, 6.07) is 1.97. The minimum absolute atomic E-state index is 0.0148. The molecule has 15 heavy (non-hydrogen) atoms. The van der Waals surface area contributed by atoms with Crippen LogP contribution in [-0.4, -0.2) is 24.9 Å². The van der Waals surface area contributed by atoms with Crippen LogP contribution in [0.5, 0.6) is 0 Å². The van der Waals surface area contributed by atoms with Crippen molar-refractivity contribution >= 4 is 5.91 Å². The number of amides is 1. The van der Waals surface area contributed by atoms with Gasteiger partial charge >= 0.3 is 6.18 Å². The summed E-state index contributed by atoms with van der Waals surface area (Å²) in [6.45, 7) is 0. The summed E-state index contributed by atoms with van der Waals surface area (Å²) in [4.78, 5) is 12.4. The van der Waals surface area contributed by atoms with Gasteiger partial charge in [-0.05, 0) is 12.1 Å². The molecule has 1 amide bonds. The molecule has 0 fully saturated rings. The van der Waals surface area contributed by atoms with Crippen LogP contribution in [0.15, 0.2) is 16.5 Å². The van der Waals surface area contributed by atoms with Gasteiger partial charge in [-0.3, -0.25) is 4.79 Å². The highest BCUT2D eigenvalue weighted by molar-refractivity contribution is 5.77. The van der Waals surface area contributed by atoms with E-state index in [4.69, 9.17) is 0 Å². The SMILES string of the molecule is CN(C)C(=O)Cc1ccc(C(F)(F)F)o1. The minimum Gasteiger partial charge on any atom is -0.456 e. The molecule has 0 aromatic carbocycles. The highest BCUT2D eigenvalue weighted by atomic mass is 19.4. The smallest absolute Gasteiger partial charge is 0.449 e. The van der Waals surface area contributed by atoms with Crippen molar-refractivity contribution in [1.82, 2.24) is 4.90 Å². The predicted octanol–water partition coefficient (Wildman–Crippen LogP) is 1.93. The second-order valence-corrected chi connectivity index (χ2v) is 3.23. The molecule has 6 heteroatoms. The van der Waals surface area contributed by atoms with E-state index in [1.807, 2.05) is 0 Å². The fraction of sp³-hybridized carbons (Fsp3) is 0.444. The van der Waals surface area contributed by atoms with E-state index in [0.29, 0.717) is 0 Å². The van der Waals surface area contributed by atoms with Crippen molar-refractivity contribution in [3.05, 3.63) is 23.7 Å². The fourth-order valence-corrected chi connectivity index (χ4v) is 0.932. The summed E-state index contributed by atoms with van der Waals surface area (Å²) in [7, 11) is 3.05. The van der Waals surface area contributed by atoms with Gasteiger partial charge in [0.15, 0.2) is 0 Å². The van der Waals surface area contributed by atoms with E-state index in [9.17, 15) is 18.0 Å². The highest BCUT2D eigenvalue weighted by Crippen LogP contribution is 2.30. The van der Waals surface area contributed by atoms with Gasteiger partial charge in [0, 0.05) is 14.1 Å². The van der Waals surface area contributed by atoms with E-state index < -0.39 is 11.9 Å². The van der Waals surface area contributed by atoms with Crippen molar-refractivity contribution in [2.45, 2.75) is 12.6 Å². The lowest BCUT2D eigenvalue weighted by Crippen LogP contribution is -2.23. The first-order valence-electron chi connectivity index (χ1n) is 4.17. The van der Waals surface area contributed by atoms with Crippen LogP contribution in [0.2, 0.25) is 0 Å². The molecule has 84 valence electrons. The molecule has 0 spiro atoms. The van der Waals surface area contributed by atoms with Crippen molar-refractivity contribution in [3.63, 3.8) is 0 Å². The van der Waals surface area contributed by atoms with E-state index in [1.165, 1.54) is 19.0 Å². The summed E-state index contributed by atoms with van der Waals surface area (Å²) in [6.07, 6.45) is -4.66. The van der Waals surface area contributed by atoms with E-state index >= 15 is 0 Å². The Balaban J connectivity index is 2.73. The average molecular weight is 221 g/mol. The molecule has 0 saturated heterocycles. The number of carbonyl (C=O) groups is 1.